The van der Waals surface area contributed by atoms with Crippen LogP contribution in [-0.4, -0.2) is 33.0 Å². The van der Waals surface area contributed by atoms with Gasteiger partial charge < -0.3 is 15.0 Å². The van der Waals surface area contributed by atoms with Crippen LogP contribution in [0.15, 0.2) is 60.7 Å². The van der Waals surface area contributed by atoms with E-state index >= 15 is 0 Å². The molecule has 1 aliphatic rings. The molecule has 3 aromatic carbocycles. The number of fused-ring (bicyclic) bond motifs is 1. The second-order valence-electron chi connectivity index (χ2n) is 9.01. The fourth-order valence-corrected chi connectivity index (χ4v) is 4.43. The number of carbonyl (C=O) groups is 2. The van der Waals surface area contributed by atoms with Crippen LogP contribution in [0.25, 0.3) is 0 Å². The topological polar surface area (TPSA) is 76.5 Å². The molecule has 7 nitrogen and oxygen atoms in total. The summed E-state index contributed by atoms with van der Waals surface area (Å²) < 4.78 is 61.7. The molecule has 2 amide bonds. The summed E-state index contributed by atoms with van der Waals surface area (Å²) >= 11 is 0. The first kappa shape index (κ1) is 26.0. The minimum Gasteiger partial charge on any atom is -0.451 e. The third-order valence-corrected chi connectivity index (χ3v) is 6.37. The highest BCUT2D eigenvalue weighted by atomic mass is 19.1. The molecular formula is C28H22F4N4O3. The maximum absolute atomic E-state index is 14.0. The van der Waals surface area contributed by atoms with Crippen LogP contribution >= 0.6 is 0 Å². The third-order valence-electron chi connectivity index (χ3n) is 6.37. The van der Waals surface area contributed by atoms with Crippen LogP contribution in [0.4, 0.5) is 23.2 Å². The fourth-order valence-electron chi connectivity index (χ4n) is 4.43. The van der Waals surface area contributed by atoms with Crippen molar-refractivity contribution in [3.05, 3.63) is 106 Å². The molecule has 39 heavy (non-hydrogen) atoms. The Morgan fingerprint density at radius 3 is 2.38 bits per heavy atom. The zero-order valence-corrected chi connectivity index (χ0v) is 20.7. The van der Waals surface area contributed by atoms with Gasteiger partial charge in [-0.25, -0.2) is 17.6 Å². The Morgan fingerprint density at radius 1 is 0.974 bits per heavy atom. The van der Waals surface area contributed by atoms with Gasteiger partial charge in [0.25, 0.3) is 5.91 Å². The highest BCUT2D eigenvalue weighted by molar-refractivity contribution is 6.04. The number of para-hydroxylation sites is 1. The Kier molecular flexibility index (Phi) is 7.05. The standard InChI is InChI=1S/C28H22F4N4O3/c1-35-26(28(38)33-18-7-9-19(10-8-18)39-27-21(30)3-2-4-22(27)31)20-15-36(12-11-24(20)34-35)25(37)13-16-5-6-17(29)14-23(16)32/h2-10,14H,11-13,15H2,1H3,(H,33,38). The van der Waals surface area contributed by atoms with Crippen molar-refractivity contribution >= 4 is 17.5 Å². The number of benzene rings is 3. The molecule has 0 aliphatic carbocycles. The molecule has 0 spiro atoms. The van der Waals surface area contributed by atoms with Crippen LogP contribution in [0.2, 0.25) is 0 Å². The molecule has 11 heteroatoms. The molecule has 0 atom stereocenters. The Hall–Kier alpha value is -4.67. The predicted octanol–water partition coefficient (Wildman–Crippen LogP) is 5.15. The van der Waals surface area contributed by atoms with Gasteiger partial charge in [0.2, 0.25) is 5.91 Å². The smallest absolute Gasteiger partial charge is 0.274 e. The van der Waals surface area contributed by atoms with Crippen molar-refractivity contribution < 1.29 is 31.9 Å². The van der Waals surface area contributed by atoms with Crippen molar-refractivity contribution in [2.75, 3.05) is 11.9 Å². The molecule has 0 radical (unpaired) electrons. The number of halogens is 4. The average molecular weight is 539 g/mol. The summed E-state index contributed by atoms with van der Waals surface area (Å²) in [5, 5.41) is 7.17. The van der Waals surface area contributed by atoms with E-state index in [9.17, 15) is 27.2 Å². The number of amides is 2. The lowest BCUT2D eigenvalue weighted by Gasteiger charge is -2.27. The van der Waals surface area contributed by atoms with Crippen LogP contribution < -0.4 is 10.1 Å². The number of aromatic nitrogens is 2. The second kappa shape index (κ2) is 10.6. The van der Waals surface area contributed by atoms with E-state index in [1.807, 2.05) is 0 Å². The maximum atomic E-state index is 14.0. The first-order valence-corrected chi connectivity index (χ1v) is 12.0. The first-order valence-electron chi connectivity index (χ1n) is 12.0. The van der Waals surface area contributed by atoms with E-state index in [0.717, 1.165) is 24.3 Å². The van der Waals surface area contributed by atoms with Gasteiger partial charge in [0.1, 0.15) is 23.1 Å². The second-order valence-corrected chi connectivity index (χ2v) is 9.01. The zero-order chi connectivity index (χ0) is 27.7. The van der Waals surface area contributed by atoms with Crippen molar-refractivity contribution in [1.29, 1.82) is 0 Å². The van der Waals surface area contributed by atoms with Crippen molar-refractivity contribution in [1.82, 2.24) is 14.7 Å². The van der Waals surface area contributed by atoms with Gasteiger partial charge in [-0.3, -0.25) is 14.3 Å². The molecule has 0 saturated carbocycles. The summed E-state index contributed by atoms with van der Waals surface area (Å²) in [4.78, 5) is 27.6. The Morgan fingerprint density at radius 2 is 1.69 bits per heavy atom. The molecular weight excluding hydrogens is 516 g/mol. The molecule has 1 aromatic heterocycles. The van der Waals surface area contributed by atoms with Crippen LogP contribution in [0.3, 0.4) is 0 Å². The zero-order valence-electron chi connectivity index (χ0n) is 20.7. The van der Waals surface area contributed by atoms with Gasteiger partial charge in [-0.15, -0.1) is 0 Å². The molecule has 0 fully saturated rings. The molecule has 2 heterocycles. The van der Waals surface area contributed by atoms with E-state index in [4.69, 9.17) is 4.74 Å². The summed E-state index contributed by atoms with van der Waals surface area (Å²) in [6.07, 6.45) is 0.168. The van der Waals surface area contributed by atoms with Crippen molar-refractivity contribution in [3.8, 4) is 11.5 Å². The largest absolute Gasteiger partial charge is 0.451 e. The first-order chi connectivity index (χ1) is 18.7. The van der Waals surface area contributed by atoms with E-state index < -0.39 is 34.9 Å². The SMILES string of the molecule is Cn1nc2c(c1C(=O)Nc1ccc(Oc3c(F)cccc3F)cc1)CN(C(=O)Cc1ccc(F)cc1F)CC2. The van der Waals surface area contributed by atoms with Crippen LogP contribution in [0.1, 0.15) is 27.3 Å². The lowest BCUT2D eigenvalue weighted by molar-refractivity contribution is -0.131. The molecule has 0 saturated heterocycles. The van der Waals surface area contributed by atoms with E-state index in [0.29, 0.717) is 29.9 Å². The molecule has 4 aromatic rings. The summed E-state index contributed by atoms with van der Waals surface area (Å²) in [5.74, 6) is -4.40. The van der Waals surface area contributed by atoms with Crippen LogP contribution in [0, 0.1) is 23.3 Å². The highest BCUT2D eigenvalue weighted by Gasteiger charge is 2.29. The summed E-state index contributed by atoms with van der Waals surface area (Å²) in [7, 11) is 1.62. The van der Waals surface area contributed by atoms with Crippen molar-refractivity contribution in [2.24, 2.45) is 7.05 Å². The minimum atomic E-state index is -0.844. The maximum Gasteiger partial charge on any atom is 0.274 e. The number of carbonyl (C=O) groups excluding carboxylic acids is 2. The van der Waals surface area contributed by atoms with Gasteiger partial charge >= 0.3 is 0 Å². The number of nitrogens with zero attached hydrogens (tertiary/aromatic N) is 3. The summed E-state index contributed by atoms with van der Waals surface area (Å²) in [6, 6.07) is 12.4. The fraction of sp³-hybridized carbons (Fsp3) is 0.179. The highest BCUT2D eigenvalue weighted by Crippen LogP contribution is 2.29. The Balaban J connectivity index is 1.28. The van der Waals surface area contributed by atoms with Gasteiger partial charge in [0, 0.05) is 43.9 Å². The number of anilines is 1. The minimum absolute atomic E-state index is 0.0847. The van der Waals surface area contributed by atoms with Gasteiger partial charge in [0.05, 0.1) is 12.1 Å². The summed E-state index contributed by atoms with van der Waals surface area (Å²) in [5.41, 5.74) is 1.98. The van der Waals surface area contributed by atoms with Crippen LogP contribution in [-0.2, 0) is 31.2 Å². The molecule has 1 aliphatic heterocycles. The predicted molar refractivity (Wildman–Crippen MR) is 133 cm³/mol. The monoisotopic (exact) mass is 538 g/mol. The molecule has 200 valence electrons. The lowest BCUT2D eigenvalue weighted by atomic mass is 10.0. The molecule has 1 N–H and O–H groups in total. The van der Waals surface area contributed by atoms with Gasteiger partial charge in [-0.05, 0) is 48.0 Å². The number of rotatable bonds is 6. The van der Waals surface area contributed by atoms with E-state index in [-0.39, 0.29) is 35.9 Å². The van der Waals surface area contributed by atoms with Gasteiger partial charge in [-0.1, -0.05) is 12.1 Å². The van der Waals surface area contributed by atoms with E-state index in [2.05, 4.69) is 10.4 Å². The van der Waals surface area contributed by atoms with Crippen LogP contribution in [0.5, 0.6) is 11.5 Å². The molecule has 0 bridgehead atoms. The lowest BCUT2D eigenvalue weighted by Crippen LogP contribution is -2.37. The van der Waals surface area contributed by atoms with Crippen molar-refractivity contribution in [3.63, 3.8) is 0 Å². The number of hydrogen-bond donors (Lipinski definition) is 1. The van der Waals surface area contributed by atoms with E-state index in [1.54, 1.807) is 7.05 Å². The number of aryl methyl sites for hydroxylation is 1. The van der Waals surface area contributed by atoms with E-state index in [1.165, 1.54) is 46.0 Å². The van der Waals surface area contributed by atoms with Crippen molar-refractivity contribution in [2.45, 2.75) is 19.4 Å². The normalized spacial score (nSPS) is 12.7. The number of nitrogens with one attached hydrogen (secondary N) is 1. The quantitative estimate of drug-likeness (QED) is 0.345. The summed E-state index contributed by atoms with van der Waals surface area (Å²) in [6.45, 7) is 0.450. The number of ether oxygens (including phenoxy) is 1. The molecule has 0 unspecified atom stereocenters. The van der Waals surface area contributed by atoms with Gasteiger partial charge in [-0.2, -0.15) is 5.10 Å². The Labute approximate surface area is 220 Å². The Bertz CT molecular complexity index is 1550. The van der Waals surface area contributed by atoms with Gasteiger partial charge in [0.15, 0.2) is 17.4 Å². The average Bonchev–Trinajstić information content (AvgIpc) is 3.24. The third kappa shape index (κ3) is 5.47. The molecule has 5 rings (SSSR count). The number of hydrogen-bond acceptors (Lipinski definition) is 4.